The number of carbonyl (C=O) groups excluding carboxylic acids is 1. The molecule has 1 N–H and O–H groups in total. The normalized spacial score (nSPS) is 24.7. The fraction of sp³-hybridized carbons (Fsp3) is 0.933. The second-order valence-electron chi connectivity index (χ2n) is 5.94. The zero-order chi connectivity index (χ0) is 13.7. The molecule has 1 saturated carbocycles. The zero-order valence-corrected chi connectivity index (χ0v) is 13.6. The molecular formula is C15H29ClN2O2. The van der Waals surface area contributed by atoms with Gasteiger partial charge in [-0.1, -0.05) is 19.8 Å². The van der Waals surface area contributed by atoms with Crippen LogP contribution in [0, 0.1) is 5.92 Å². The SMILES string of the molecule is CCC(OC1CCCC1)C(=O)N1CCC(CNC)C1.Cl. The Balaban J connectivity index is 0.00000200. The number of likely N-dealkylation sites (tertiary alicyclic amines) is 1. The van der Waals surface area contributed by atoms with Crippen LogP contribution in [0.2, 0.25) is 0 Å². The number of carbonyl (C=O) groups is 1. The minimum atomic E-state index is -0.212. The third-order valence-corrected chi connectivity index (χ3v) is 4.40. The van der Waals surface area contributed by atoms with E-state index >= 15 is 0 Å². The highest BCUT2D eigenvalue weighted by Gasteiger charge is 2.32. The van der Waals surface area contributed by atoms with Crippen molar-refractivity contribution in [3.63, 3.8) is 0 Å². The van der Waals surface area contributed by atoms with Gasteiger partial charge in [0.25, 0.3) is 5.91 Å². The van der Waals surface area contributed by atoms with Gasteiger partial charge < -0.3 is 15.0 Å². The van der Waals surface area contributed by atoms with Crippen molar-refractivity contribution in [2.24, 2.45) is 5.92 Å². The maximum atomic E-state index is 12.5. The Labute approximate surface area is 129 Å². The highest BCUT2D eigenvalue weighted by atomic mass is 35.5. The number of nitrogens with zero attached hydrogens (tertiary/aromatic N) is 1. The fourth-order valence-corrected chi connectivity index (χ4v) is 3.28. The van der Waals surface area contributed by atoms with Crippen molar-refractivity contribution in [1.82, 2.24) is 10.2 Å². The lowest BCUT2D eigenvalue weighted by atomic mass is 10.1. The van der Waals surface area contributed by atoms with E-state index in [0.717, 1.165) is 45.3 Å². The summed E-state index contributed by atoms with van der Waals surface area (Å²) in [6, 6.07) is 0. The molecule has 1 saturated heterocycles. The summed E-state index contributed by atoms with van der Waals surface area (Å²) >= 11 is 0. The Morgan fingerprint density at radius 3 is 2.65 bits per heavy atom. The molecule has 0 spiro atoms. The van der Waals surface area contributed by atoms with Gasteiger partial charge in [0.15, 0.2) is 0 Å². The Hall–Kier alpha value is -0.320. The third kappa shape index (κ3) is 4.61. The van der Waals surface area contributed by atoms with Gasteiger partial charge in [-0.3, -0.25) is 4.79 Å². The van der Waals surface area contributed by atoms with Gasteiger partial charge in [0.05, 0.1) is 6.10 Å². The molecule has 2 rings (SSSR count). The summed E-state index contributed by atoms with van der Waals surface area (Å²) in [4.78, 5) is 14.5. The second kappa shape index (κ2) is 8.85. The molecule has 2 atom stereocenters. The lowest BCUT2D eigenvalue weighted by Crippen LogP contribution is -2.40. The van der Waals surface area contributed by atoms with Crippen LogP contribution in [0.15, 0.2) is 0 Å². The van der Waals surface area contributed by atoms with Gasteiger partial charge >= 0.3 is 0 Å². The maximum Gasteiger partial charge on any atom is 0.251 e. The average Bonchev–Trinajstić information content (AvgIpc) is 3.06. The molecule has 0 radical (unpaired) electrons. The number of hydrogen-bond acceptors (Lipinski definition) is 3. The van der Waals surface area contributed by atoms with Gasteiger partial charge in [0.2, 0.25) is 0 Å². The zero-order valence-electron chi connectivity index (χ0n) is 12.8. The molecule has 0 aromatic heterocycles. The van der Waals surface area contributed by atoms with Crippen LogP contribution in [-0.2, 0) is 9.53 Å². The number of amides is 1. The summed E-state index contributed by atoms with van der Waals surface area (Å²) in [5.41, 5.74) is 0. The molecule has 5 heteroatoms. The molecule has 1 aliphatic heterocycles. The Morgan fingerprint density at radius 2 is 2.05 bits per heavy atom. The first-order valence-electron chi connectivity index (χ1n) is 7.83. The van der Waals surface area contributed by atoms with Gasteiger partial charge in [-0.15, -0.1) is 12.4 Å². The molecule has 2 fully saturated rings. The van der Waals surface area contributed by atoms with Crippen molar-refractivity contribution in [1.29, 1.82) is 0 Å². The van der Waals surface area contributed by atoms with Crippen LogP contribution in [0.25, 0.3) is 0 Å². The van der Waals surface area contributed by atoms with Crippen molar-refractivity contribution in [3.8, 4) is 0 Å². The molecular weight excluding hydrogens is 276 g/mol. The lowest BCUT2D eigenvalue weighted by Gasteiger charge is -2.25. The molecule has 1 aliphatic carbocycles. The van der Waals surface area contributed by atoms with E-state index in [1.165, 1.54) is 12.8 Å². The minimum Gasteiger partial charge on any atom is -0.365 e. The highest BCUT2D eigenvalue weighted by Crippen LogP contribution is 2.24. The van der Waals surface area contributed by atoms with E-state index in [4.69, 9.17) is 4.74 Å². The summed E-state index contributed by atoms with van der Waals surface area (Å²) in [6.07, 6.45) is 6.79. The first kappa shape index (κ1) is 17.7. The molecule has 0 aromatic rings. The first-order valence-corrected chi connectivity index (χ1v) is 7.83. The van der Waals surface area contributed by atoms with E-state index in [2.05, 4.69) is 12.2 Å². The Kier molecular flexibility index (Phi) is 7.85. The van der Waals surface area contributed by atoms with Crippen LogP contribution in [0.5, 0.6) is 0 Å². The maximum absolute atomic E-state index is 12.5. The van der Waals surface area contributed by atoms with Crippen molar-refractivity contribution >= 4 is 18.3 Å². The topological polar surface area (TPSA) is 41.6 Å². The molecule has 1 amide bonds. The number of nitrogens with one attached hydrogen (secondary N) is 1. The predicted octanol–water partition coefficient (Wildman–Crippen LogP) is 2.21. The van der Waals surface area contributed by atoms with Crippen LogP contribution in [0.3, 0.4) is 0 Å². The van der Waals surface area contributed by atoms with E-state index in [1.807, 2.05) is 11.9 Å². The van der Waals surface area contributed by atoms with Crippen molar-refractivity contribution < 1.29 is 9.53 Å². The molecule has 2 aliphatic rings. The van der Waals surface area contributed by atoms with Gasteiger partial charge in [0, 0.05) is 13.1 Å². The number of halogens is 1. The van der Waals surface area contributed by atoms with Gasteiger partial charge in [-0.2, -0.15) is 0 Å². The summed E-state index contributed by atoms with van der Waals surface area (Å²) in [6.45, 7) is 4.85. The largest absolute Gasteiger partial charge is 0.365 e. The van der Waals surface area contributed by atoms with Crippen LogP contribution in [0.1, 0.15) is 45.4 Å². The van der Waals surface area contributed by atoms with Crippen LogP contribution in [-0.4, -0.2) is 49.7 Å². The molecule has 0 aromatic carbocycles. The molecule has 118 valence electrons. The van der Waals surface area contributed by atoms with E-state index in [0.29, 0.717) is 12.0 Å². The van der Waals surface area contributed by atoms with Crippen LogP contribution < -0.4 is 5.32 Å². The van der Waals surface area contributed by atoms with Crippen molar-refractivity contribution in [2.45, 2.75) is 57.7 Å². The lowest BCUT2D eigenvalue weighted by molar-refractivity contribution is -0.146. The van der Waals surface area contributed by atoms with Crippen molar-refractivity contribution in [3.05, 3.63) is 0 Å². The fourth-order valence-electron chi connectivity index (χ4n) is 3.28. The number of hydrogen-bond donors (Lipinski definition) is 1. The quantitative estimate of drug-likeness (QED) is 0.818. The standard InChI is InChI=1S/C15H28N2O2.ClH/c1-3-14(19-13-6-4-5-7-13)15(18)17-9-8-12(11-17)10-16-2;/h12-14,16H,3-11H2,1-2H3;1H. The number of ether oxygens (including phenoxy) is 1. The highest BCUT2D eigenvalue weighted by molar-refractivity contribution is 5.85. The second-order valence-corrected chi connectivity index (χ2v) is 5.94. The monoisotopic (exact) mass is 304 g/mol. The van der Waals surface area contributed by atoms with Crippen molar-refractivity contribution in [2.75, 3.05) is 26.7 Å². The third-order valence-electron chi connectivity index (χ3n) is 4.40. The van der Waals surface area contributed by atoms with Crippen LogP contribution >= 0.6 is 12.4 Å². The molecule has 20 heavy (non-hydrogen) atoms. The Morgan fingerprint density at radius 1 is 1.35 bits per heavy atom. The average molecular weight is 305 g/mol. The summed E-state index contributed by atoms with van der Waals surface area (Å²) < 4.78 is 6.02. The molecule has 2 unspecified atom stereocenters. The summed E-state index contributed by atoms with van der Waals surface area (Å²) in [5, 5.41) is 3.20. The summed E-state index contributed by atoms with van der Waals surface area (Å²) in [5.74, 6) is 0.825. The van der Waals surface area contributed by atoms with E-state index in [9.17, 15) is 4.79 Å². The summed E-state index contributed by atoms with van der Waals surface area (Å²) in [7, 11) is 1.97. The molecule has 0 bridgehead atoms. The molecule has 4 nitrogen and oxygen atoms in total. The molecule has 1 heterocycles. The van der Waals surface area contributed by atoms with E-state index < -0.39 is 0 Å². The van der Waals surface area contributed by atoms with Gasteiger partial charge in [-0.25, -0.2) is 0 Å². The van der Waals surface area contributed by atoms with E-state index in [-0.39, 0.29) is 24.4 Å². The first-order chi connectivity index (χ1) is 9.24. The predicted molar refractivity (Wildman–Crippen MR) is 83.3 cm³/mol. The minimum absolute atomic E-state index is 0. The van der Waals surface area contributed by atoms with Gasteiger partial charge in [0.1, 0.15) is 6.10 Å². The van der Waals surface area contributed by atoms with Crippen LogP contribution in [0.4, 0.5) is 0 Å². The number of rotatable bonds is 6. The van der Waals surface area contributed by atoms with Gasteiger partial charge in [-0.05, 0) is 45.2 Å². The smallest absolute Gasteiger partial charge is 0.251 e. The van der Waals surface area contributed by atoms with E-state index in [1.54, 1.807) is 0 Å². The Bertz CT molecular complexity index is 296.